The summed E-state index contributed by atoms with van der Waals surface area (Å²) in [6, 6.07) is 0.0362. The number of rotatable bonds is 6. The van der Waals surface area contributed by atoms with Gasteiger partial charge in [-0.3, -0.25) is 9.69 Å². The summed E-state index contributed by atoms with van der Waals surface area (Å²) in [6.07, 6.45) is 3.62. The monoisotopic (exact) mass is 268 g/mol. The topological polar surface area (TPSA) is 23.6 Å². The molecule has 0 saturated carbocycles. The molecule has 112 valence electrons. The van der Waals surface area contributed by atoms with Gasteiger partial charge in [0, 0.05) is 13.1 Å². The number of hydrogen-bond donors (Lipinski definition) is 0. The fourth-order valence-corrected chi connectivity index (χ4v) is 3.25. The highest BCUT2D eigenvalue weighted by molar-refractivity contribution is 5.81. The van der Waals surface area contributed by atoms with Gasteiger partial charge in [-0.1, -0.05) is 34.1 Å². The molecule has 1 amide bonds. The Kier molecular flexibility index (Phi) is 6.84. The maximum Gasteiger partial charge on any atom is 0.239 e. The van der Waals surface area contributed by atoms with Gasteiger partial charge in [0.2, 0.25) is 5.91 Å². The van der Waals surface area contributed by atoms with Crippen LogP contribution in [0.15, 0.2) is 0 Å². The molecule has 1 heterocycles. The minimum Gasteiger partial charge on any atom is -0.341 e. The van der Waals surface area contributed by atoms with Crippen molar-refractivity contribution >= 4 is 5.91 Å². The van der Waals surface area contributed by atoms with Crippen molar-refractivity contribution < 1.29 is 4.79 Å². The van der Waals surface area contributed by atoms with Gasteiger partial charge < -0.3 is 4.90 Å². The second-order valence-electron chi connectivity index (χ2n) is 6.35. The van der Waals surface area contributed by atoms with Crippen LogP contribution in [-0.4, -0.2) is 47.9 Å². The van der Waals surface area contributed by atoms with E-state index >= 15 is 0 Å². The molecule has 0 radical (unpaired) electrons. The van der Waals surface area contributed by atoms with Gasteiger partial charge in [-0.2, -0.15) is 0 Å². The molecule has 3 atom stereocenters. The van der Waals surface area contributed by atoms with Crippen LogP contribution in [0.1, 0.15) is 53.9 Å². The Morgan fingerprint density at radius 2 is 1.84 bits per heavy atom. The molecule has 3 heteroatoms. The van der Waals surface area contributed by atoms with Gasteiger partial charge >= 0.3 is 0 Å². The predicted octanol–water partition coefficient (Wildman–Crippen LogP) is 3.00. The summed E-state index contributed by atoms with van der Waals surface area (Å²) in [6.45, 7) is 14.8. The molecule has 3 unspecified atom stereocenters. The van der Waals surface area contributed by atoms with Crippen molar-refractivity contribution in [2.24, 2.45) is 11.8 Å². The van der Waals surface area contributed by atoms with Gasteiger partial charge in [0.1, 0.15) is 0 Å². The Labute approximate surface area is 119 Å². The summed E-state index contributed by atoms with van der Waals surface area (Å²) >= 11 is 0. The van der Waals surface area contributed by atoms with Crippen molar-refractivity contribution in [2.45, 2.75) is 59.9 Å². The number of piperidine rings is 1. The van der Waals surface area contributed by atoms with Gasteiger partial charge in [0.25, 0.3) is 0 Å². The van der Waals surface area contributed by atoms with E-state index in [0.717, 1.165) is 26.2 Å². The van der Waals surface area contributed by atoms with E-state index in [4.69, 9.17) is 0 Å². The number of carbonyl (C=O) groups is 1. The minimum absolute atomic E-state index is 0.0362. The Balaban J connectivity index is 2.58. The van der Waals surface area contributed by atoms with Crippen molar-refractivity contribution in [3.05, 3.63) is 0 Å². The summed E-state index contributed by atoms with van der Waals surface area (Å²) in [5.41, 5.74) is 0. The van der Waals surface area contributed by atoms with Gasteiger partial charge in [0.05, 0.1) is 6.04 Å². The van der Waals surface area contributed by atoms with Gasteiger partial charge in [-0.25, -0.2) is 0 Å². The van der Waals surface area contributed by atoms with Gasteiger partial charge in [-0.15, -0.1) is 0 Å². The second-order valence-corrected chi connectivity index (χ2v) is 6.35. The van der Waals surface area contributed by atoms with Crippen LogP contribution in [-0.2, 0) is 4.79 Å². The molecular formula is C16H32N2O. The first-order chi connectivity index (χ1) is 8.99. The highest BCUT2D eigenvalue weighted by atomic mass is 16.2. The fraction of sp³-hybridized carbons (Fsp3) is 0.938. The van der Waals surface area contributed by atoms with Crippen LogP contribution >= 0.6 is 0 Å². The lowest BCUT2D eigenvalue weighted by Crippen LogP contribution is -2.51. The first kappa shape index (κ1) is 16.5. The minimum atomic E-state index is 0.0362. The average molecular weight is 268 g/mol. The maximum atomic E-state index is 12.6. The zero-order valence-electron chi connectivity index (χ0n) is 13.5. The molecule has 0 aromatic carbocycles. The standard InChI is InChI=1S/C16H32N2O/c1-6-8-9-17(7-2)15(5)16(19)18-11-13(3)10-14(4)12-18/h13-15H,6-12H2,1-5H3. The Morgan fingerprint density at radius 1 is 1.26 bits per heavy atom. The molecule has 1 aliphatic heterocycles. The molecule has 1 saturated heterocycles. The third-order valence-electron chi connectivity index (χ3n) is 4.29. The summed E-state index contributed by atoms with van der Waals surface area (Å²) in [5.74, 6) is 1.62. The molecule has 1 rings (SSSR count). The largest absolute Gasteiger partial charge is 0.341 e. The van der Waals surface area contributed by atoms with E-state index in [1.807, 2.05) is 0 Å². The van der Waals surface area contributed by atoms with E-state index in [-0.39, 0.29) is 6.04 Å². The SMILES string of the molecule is CCCCN(CC)C(C)C(=O)N1CC(C)CC(C)C1. The highest BCUT2D eigenvalue weighted by Crippen LogP contribution is 2.22. The molecule has 0 spiro atoms. The molecule has 1 fully saturated rings. The lowest BCUT2D eigenvalue weighted by atomic mass is 9.91. The molecule has 0 aromatic rings. The number of amides is 1. The first-order valence-corrected chi connectivity index (χ1v) is 8.02. The lowest BCUT2D eigenvalue weighted by molar-refractivity contribution is -0.139. The van der Waals surface area contributed by atoms with Crippen molar-refractivity contribution in [1.82, 2.24) is 9.80 Å². The number of carbonyl (C=O) groups excluding carboxylic acids is 1. The van der Waals surface area contributed by atoms with E-state index in [0.29, 0.717) is 17.7 Å². The third kappa shape index (κ3) is 4.79. The molecule has 3 nitrogen and oxygen atoms in total. The van der Waals surface area contributed by atoms with E-state index in [9.17, 15) is 4.79 Å². The smallest absolute Gasteiger partial charge is 0.239 e. The van der Waals surface area contributed by atoms with Crippen molar-refractivity contribution in [3.8, 4) is 0 Å². The van der Waals surface area contributed by atoms with Crippen molar-refractivity contribution in [3.63, 3.8) is 0 Å². The van der Waals surface area contributed by atoms with E-state index in [1.165, 1.54) is 19.3 Å². The van der Waals surface area contributed by atoms with Crippen molar-refractivity contribution in [2.75, 3.05) is 26.2 Å². The van der Waals surface area contributed by atoms with Crippen LogP contribution in [0.4, 0.5) is 0 Å². The number of unbranched alkanes of at least 4 members (excludes halogenated alkanes) is 1. The van der Waals surface area contributed by atoms with Crippen LogP contribution in [0.3, 0.4) is 0 Å². The molecule has 0 aliphatic carbocycles. The summed E-state index contributed by atoms with van der Waals surface area (Å²) in [4.78, 5) is 17.0. The molecule has 0 N–H and O–H groups in total. The number of hydrogen-bond acceptors (Lipinski definition) is 2. The number of nitrogens with zero attached hydrogens (tertiary/aromatic N) is 2. The van der Waals surface area contributed by atoms with Crippen LogP contribution in [0.25, 0.3) is 0 Å². The molecule has 0 aromatic heterocycles. The Morgan fingerprint density at radius 3 is 2.32 bits per heavy atom. The average Bonchev–Trinajstić information content (AvgIpc) is 2.37. The lowest BCUT2D eigenvalue weighted by Gasteiger charge is -2.38. The Hall–Kier alpha value is -0.570. The van der Waals surface area contributed by atoms with E-state index < -0.39 is 0 Å². The zero-order valence-corrected chi connectivity index (χ0v) is 13.5. The van der Waals surface area contributed by atoms with Crippen LogP contribution in [0, 0.1) is 11.8 Å². The summed E-state index contributed by atoms with van der Waals surface area (Å²) in [7, 11) is 0. The van der Waals surface area contributed by atoms with Crippen LogP contribution < -0.4 is 0 Å². The van der Waals surface area contributed by atoms with E-state index in [2.05, 4.69) is 44.4 Å². The third-order valence-corrected chi connectivity index (χ3v) is 4.29. The zero-order chi connectivity index (χ0) is 14.4. The second kappa shape index (κ2) is 7.88. The highest BCUT2D eigenvalue weighted by Gasteiger charge is 2.30. The van der Waals surface area contributed by atoms with E-state index in [1.54, 1.807) is 0 Å². The van der Waals surface area contributed by atoms with Crippen molar-refractivity contribution in [1.29, 1.82) is 0 Å². The van der Waals surface area contributed by atoms with Crippen LogP contribution in [0.2, 0.25) is 0 Å². The molecular weight excluding hydrogens is 236 g/mol. The number of likely N-dealkylation sites (N-methyl/N-ethyl adjacent to an activating group) is 1. The maximum absolute atomic E-state index is 12.6. The normalized spacial score (nSPS) is 25.7. The molecule has 19 heavy (non-hydrogen) atoms. The van der Waals surface area contributed by atoms with Crippen LogP contribution in [0.5, 0.6) is 0 Å². The van der Waals surface area contributed by atoms with Gasteiger partial charge in [0.15, 0.2) is 0 Å². The number of likely N-dealkylation sites (tertiary alicyclic amines) is 1. The summed E-state index contributed by atoms with van der Waals surface area (Å²) in [5, 5.41) is 0. The molecule has 1 aliphatic rings. The summed E-state index contributed by atoms with van der Waals surface area (Å²) < 4.78 is 0. The Bertz CT molecular complexity index is 270. The first-order valence-electron chi connectivity index (χ1n) is 8.02. The fourth-order valence-electron chi connectivity index (χ4n) is 3.25. The van der Waals surface area contributed by atoms with Gasteiger partial charge in [-0.05, 0) is 44.7 Å². The molecule has 0 bridgehead atoms. The predicted molar refractivity (Wildman–Crippen MR) is 81.1 cm³/mol. The quantitative estimate of drug-likeness (QED) is 0.739.